The number of amides is 2. The molecule has 1 fully saturated rings. The molecule has 130 valence electrons. The standard InChI is InChI=1S/C18H29NO4/c1-14(2)15(20)10-8-6-4-3-5-7-9-11-16(21)19-17(22)12-13-18(19)23/h16,21H,1,3-13H2,2H3. The van der Waals surface area contributed by atoms with Crippen molar-refractivity contribution in [1.82, 2.24) is 4.90 Å². The van der Waals surface area contributed by atoms with Gasteiger partial charge in [0.1, 0.15) is 6.23 Å². The maximum atomic E-state index is 11.5. The second-order valence-electron chi connectivity index (χ2n) is 6.36. The number of carbonyl (C=O) groups excluding carboxylic acids is 3. The number of carbonyl (C=O) groups is 3. The molecule has 5 heteroatoms. The van der Waals surface area contributed by atoms with Gasteiger partial charge in [-0.25, -0.2) is 0 Å². The first kappa shape index (κ1) is 19.6. The summed E-state index contributed by atoms with van der Waals surface area (Å²) in [4.78, 5) is 35.3. The van der Waals surface area contributed by atoms with E-state index in [9.17, 15) is 19.5 Å². The average Bonchev–Trinajstić information content (AvgIpc) is 2.84. The number of aliphatic hydroxyl groups is 1. The van der Waals surface area contributed by atoms with Gasteiger partial charge < -0.3 is 5.11 Å². The molecule has 2 amide bonds. The van der Waals surface area contributed by atoms with Crippen LogP contribution in [0.25, 0.3) is 0 Å². The maximum absolute atomic E-state index is 11.5. The average molecular weight is 323 g/mol. The van der Waals surface area contributed by atoms with Gasteiger partial charge in [-0.3, -0.25) is 19.3 Å². The second-order valence-corrected chi connectivity index (χ2v) is 6.36. The van der Waals surface area contributed by atoms with E-state index in [1.807, 2.05) is 0 Å². The van der Waals surface area contributed by atoms with Crippen molar-refractivity contribution < 1.29 is 19.5 Å². The minimum Gasteiger partial charge on any atom is -0.373 e. The van der Waals surface area contributed by atoms with Gasteiger partial charge in [-0.1, -0.05) is 38.7 Å². The Balaban J connectivity index is 1.97. The van der Waals surface area contributed by atoms with Crippen molar-refractivity contribution in [2.24, 2.45) is 0 Å². The van der Waals surface area contributed by atoms with Crippen LogP contribution < -0.4 is 0 Å². The number of hydrogen-bond acceptors (Lipinski definition) is 4. The fourth-order valence-corrected chi connectivity index (χ4v) is 2.77. The van der Waals surface area contributed by atoms with E-state index in [-0.39, 0.29) is 30.4 Å². The topological polar surface area (TPSA) is 74.7 Å². The molecular formula is C18H29NO4. The smallest absolute Gasteiger partial charge is 0.231 e. The Morgan fingerprint density at radius 1 is 1.04 bits per heavy atom. The van der Waals surface area contributed by atoms with Gasteiger partial charge in [-0.05, 0) is 31.8 Å². The molecule has 0 bridgehead atoms. The molecule has 1 aliphatic heterocycles. The fraction of sp³-hybridized carbons (Fsp3) is 0.722. The van der Waals surface area contributed by atoms with E-state index in [1.165, 1.54) is 0 Å². The van der Waals surface area contributed by atoms with E-state index >= 15 is 0 Å². The lowest BCUT2D eigenvalue weighted by Crippen LogP contribution is -2.39. The van der Waals surface area contributed by atoms with Gasteiger partial charge in [0, 0.05) is 19.3 Å². The zero-order chi connectivity index (χ0) is 17.2. The summed E-state index contributed by atoms with van der Waals surface area (Å²) in [7, 11) is 0. The van der Waals surface area contributed by atoms with Crippen LogP contribution >= 0.6 is 0 Å². The van der Waals surface area contributed by atoms with Gasteiger partial charge in [0.2, 0.25) is 11.8 Å². The summed E-state index contributed by atoms with van der Waals surface area (Å²) in [5, 5.41) is 9.90. The third-order valence-electron chi connectivity index (χ3n) is 4.23. The largest absolute Gasteiger partial charge is 0.373 e. The summed E-state index contributed by atoms with van der Waals surface area (Å²) in [5.74, 6) is -0.358. The summed E-state index contributed by atoms with van der Waals surface area (Å²) in [6, 6.07) is 0. The monoisotopic (exact) mass is 323 g/mol. The fourth-order valence-electron chi connectivity index (χ4n) is 2.77. The number of ketones is 1. The minimum atomic E-state index is -0.953. The van der Waals surface area contributed by atoms with Crippen molar-refractivity contribution in [2.45, 2.75) is 83.8 Å². The van der Waals surface area contributed by atoms with Crippen LogP contribution in [0.3, 0.4) is 0 Å². The van der Waals surface area contributed by atoms with Crippen molar-refractivity contribution in [3.8, 4) is 0 Å². The van der Waals surface area contributed by atoms with Crippen LogP contribution in [0, 0.1) is 0 Å². The summed E-state index contributed by atoms with van der Waals surface area (Å²) < 4.78 is 0. The number of Topliss-reactive ketones (excluding diaryl/α,β-unsaturated/α-hetero) is 1. The van der Waals surface area contributed by atoms with Gasteiger partial charge >= 0.3 is 0 Å². The van der Waals surface area contributed by atoms with Crippen LogP contribution in [0.5, 0.6) is 0 Å². The molecule has 0 aromatic carbocycles. The molecule has 1 aliphatic rings. The minimum absolute atomic E-state index is 0.157. The highest BCUT2D eigenvalue weighted by molar-refractivity contribution is 6.02. The number of hydrogen-bond donors (Lipinski definition) is 1. The summed E-state index contributed by atoms with van der Waals surface area (Å²) in [6.45, 7) is 5.39. The highest BCUT2D eigenvalue weighted by Gasteiger charge is 2.33. The van der Waals surface area contributed by atoms with Gasteiger partial charge in [0.25, 0.3) is 0 Å². The van der Waals surface area contributed by atoms with E-state index < -0.39 is 6.23 Å². The first-order chi connectivity index (χ1) is 10.9. The Bertz CT molecular complexity index is 428. The number of rotatable bonds is 12. The molecule has 0 spiro atoms. The maximum Gasteiger partial charge on any atom is 0.231 e. The Hall–Kier alpha value is -1.49. The van der Waals surface area contributed by atoms with E-state index in [0.717, 1.165) is 49.8 Å². The molecule has 1 saturated heterocycles. The molecule has 0 aromatic heterocycles. The molecule has 0 saturated carbocycles. The Morgan fingerprint density at radius 2 is 1.52 bits per heavy atom. The van der Waals surface area contributed by atoms with Crippen LogP contribution in [-0.4, -0.2) is 33.8 Å². The second kappa shape index (κ2) is 10.3. The first-order valence-corrected chi connectivity index (χ1v) is 8.65. The number of unbranched alkanes of at least 4 members (excludes halogenated alkanes) is 6. The molecule has 0 aromatic rings. The van der Waals surface area contributed by atoms with Crippen LogP contribution in [0.4, 0.5) is 0 Å². The van der Waals surface area contributed by atoms with Crippen molar-refractivity contribution in [1.29, 1.82) is 0 Å². The van der Waals surface area contributed by atoms with Crippen LogP contribution in [0.1, 0.15) is 77.6 Å². The zero-order valence-corrected chi connectivity index (χ0v) is 14.2. The number of allylic oxidation sites excluding steroid dienone is 1. The predicted molar refractivity (Wildman–Crippen MR) is 88.5 cm³/mol. The highest BCUT2D eigenvalue weighted by atomic mass is 16.3. The highest BCUT2D eigenvalue weighted by Crippen LogP contribution is 2.18. The third-order valence-corrected chi connectivity index (χ3v) is 4.23. The van der Waals surface area contributed by atoms with Crippen LogP contribution in [-0.2, 0) is 14.4 Å². The molecule has 0 radical (unpaired) electrons. The van der Waals surface area contributed by atoms with E-state index in [4.69, 9.17) is 0 Å². The molecule has 5 nitrogen and oxygen atoms in total. The Morgan fingerprint density at radius 3 is 2.04 bits per heavy atom. The van der Waals surface area contributed by atoms with E-state index in [1.54, 1.807) is 6.92 Å². The summed E-state index contributed by atoms with van der Waals surface area (Å²) >= 11 is 0. The molecule has 1 rings (SSSR count). The Labute approximate surface area is 138 Å². The molecule has 23 heavy (non-hydrogen) atoms. The third kappa shape index (κ3) is 7.08. The number of aliphatic hydroxyl groups excluding tert-OH is 1. The quantitative estimate of drug-likeness (QED) is 0.340. The molecule has 1 unspecified atom stereocenters. The van der Waals surface area contributed by atoms with Crippen molar-refractivity contribution in [3.63, 3.8) is 0 Å². The van der Waals surface area contributed by atoms with Gasteiger partial charge in [-0.15, -0.1) is 0 Å². The summed E-state index contributed by atoms with van der Waals surface area (Å²) in [6.07, 6.45) is 7.62. The normalized spacial score (nSPS) is 16.0. The lowest BCUT2D eigenvalue weighted by atomic mass is 10.0. The van der Waals surface area contributed by atoms with Crippen molar-refractivity contribution in [3.05, 3.63) is 12.2 Å². The molecule has 1 heterocycles. The van der Waals surface area contributed by atoms with Gasteiger partial charge in [-0.2, -0.15) is 0 Å². The summed E-state index contributed by atoms with van der Waals surface area (Å²) in [5.41, 5.74) is 0.638. The lowest BCUT2D eigenvalue weighted by Gasteiger charge is -2.20. The van der Waals surface area contributed by atoms with E-state index in [2.05, 4.69) is 6.58 Å². The van der Waals surface area contributed by atoms with Crippen LogP contribution in [0.2, 0.25) is 0 Å². The number of imide groups is 1. The lowest BCUT2D eigenvalue weighted by molar-refractivity contribution is -0.149. The van der Waals surface area contributed by atoms with Crippen LogP contribution in [0.15, 0.2) is 12.2 Å². The SMILES string of the molecule is C=C(C)C(=O)CCCCCCCCCC(O)N1C(=O)CCC1=O. The van der Waals surface area contributed by atoms with Crippen molar-refractivity contribution in [2.75, 3.05) is 0 Å². The van der Waals surface area contributed by atoms with E-state index in [0.29, 0.717) is 18.4 Å². The molecule has 1 N–H and O–H groups in total. The number of nitrogens with zero attached hydrogens (tertiary/aromatic N) is 1. The molecule has 0 aliphatic carbocycles. The molecule has 1 atom stereocenters. The number of likely N-dealkylation sites (tertiary alicyclic amines) is 1. The molecular weight excluding hydrogens is 294 g/mol. The van der Waals surface area contributed by atoms with Gasteiger partial charge in [0.15, 0.2) is 5.78 Å². The van der Waals surface area contributed by atoms with Crippen molar-refractivity contribution >= 4 is 17.6 Å². The zero-order valence-electron chi connectivity index (χ0n) is 14.2. The van der Waals surface area contributed by atoms with Gasteiger partial charge in [0.05, 0.1) is 0 Å². The predicted octanol–water partition coefficient (Wildman–Crippen LogP) is 3.11. The first-order valence-electron chi connectivity index (χ1n) is 8.65. The Kier molecular flexibility index (Phi) is 8.77.